The lowest BCUT2D eigenvalue weighted by Crippen LogP contribution is -2.69. The van der Waals surface area contributed by atoms with Crippen LogP contribution in [0.3, 0.4) is 0 Å². The highest BCUT2D eigenvalue weighted by molar-refractivity contribution is 5.97. The number of fused-ring (bicyclic) bond motifs is 1. The largest absolute Gasteiger partial charge is 0.342 e. The van der Waals surface area contributed by atoms with Gasteiger partial charge in [0.1, 0.15) is 17.9 Å². The quantitative estimate of drug-likeness (QED) is 0.733. The predicted octanol–water partition coefficient (Wildman–Crippen LogP) is 0.774. The van der Waals surface area contributed by atoms with Gasteiger partial charge in [0.05, 0.1) is 0 Å². The van der Waals surface area contributed by atoms with Gasteiger partial charge < -0.3 is 16.0 Å². The highest BCUT2D eigenvalue weighted by atomic mass is 19.1. The standard InChI is InChI=1S/C19H27FN4O2/c1-13-5-6-14(10-15(13)20)11-23-8-9-24-17(12-23)18(25)22-16(19(24)26)4-2-3-7-21/h5-6,10,16-17H,2-4,7-9,11-12,21H2,1H3,(H,22,25)/t16-,17+/m0/s1. The summed E-state index contributed by atoms with van der Waals surface area (Å²) in [4.78, 5) is 29.0. The summed E-state index contributed by atoms with van der Waals surface area (Å²) in [5.41, 5.74) is 7.00. The highest BCUT2D eigenvalue weighted by Crippen LogP contribution is 2.20. The summed E-state index contributed by atoms with van der Waals surface area (Å²) in [6.45, 7) is 4.58. The van der Waals surface area contributed by atoms with Gasteiger partial charge in [-0.3, -0.25) is 14.5 Å². The van der Waals surface area contributed by atoms with Crippen molar-refractivity contribution in [2.24, 2.45) is 5.73 Å². The topological polar surface area (TPSA) is 78.7 Å². The third-order valence-electron chi connectivity index (χ3n) is 5.25. The molecule has 0 saturated carbocycles. The molecule has 26 heavy (non-hydrogen) atoms. The van der Waals surface area contributed by atoms with Gasteiger partial charge in [0, 0.05) is 26.2 Å². The normalized spacial score (nSPS) is 23.7. The number of carbonyl (C=O) groups is 2. The van der Waals surface area contributed by atoms with E-state index in [-0.39, 0.29) is 17.6 Å². The molecular weight excluding hydrogens is 335 g/mol. The van der Waals surface area contributed by atoms with Gasteiger partial charge >= 0.3 is 0 Å². The average molecular weight is 362 g/mol. The number of carbonyl (C=O) groups excluding carboxylic acids is 2. The Labute approximate surface area is 153 Å². The van der Waals surface area contributed by atoms with Crippen molar-refractivity contribution in [3.8, 4) is 0 Å². The predicted molar refractivity (Wildman–Crippen MR) is 96.8 cm³/mol. The minimum Gasteiger partial charge on any atom is -0.342 e. The molecule has 3 N–H and O–H groups in total. The Kier molecular flexibility index (Phi) is 5.88. The molecule has 6 nitrogen and oxygen atoms in total. The number of hydrogen-bond acceptors (Lipinski definition) is 4. The molecule has 2 heterocycles. The fraction of sp³-hybridized carbons (Fsp3) is 0.579. The molecule has 2 amide bonds. The Hall–Kier alpha value is -1.99. The van der Waals surface area contributed by atoms with Gasteiger partial charge in [-0.15, -0.1) is 0 Å². The van der Waals surface area contributed by atoms with Gasteiger partial charge in [0.25, 0.3) is 0 Å². The maximum atomic E-state index is 13.7. The van der Waals surface area contributed by atoms with E-state index in [4.69, 9.17) is 5.73 Å². The van der Waals surface area contributed by atoms with Crippen molar-refractivity contribution in [2.75, 3.05) is 26.2 Å². The monoisotopic (exact) mass is 362 g/mol. The van der Waals surface area contributed by atoms with Crippen molar-refractivity contribution in [1.82, 2.24) is 15.1 Å². The van der Waals surface area contributed by atoms with E-state index < -0.39 is 12.1 Å². The van der Waals surface area contributed by atoms with Crippen LogP contribution in [0, 0.1) is 12.7 Å². The van der Waals surface area contributed by atoms with Crippen LogP contribution in [0.4, 0.5) is 4.39 Å². The van der Waals surface area contributed by atoms with Gasteiger partial charge in [-0.1, -0.05) is 12.1 Å². The third kappa shape index (κ3) is 4.04. The lowest BCUT2D eigenvalue weighted by Gasteiger charge is -2.45. The number of aryl methyl sites for hydroxylation is 1. The average Bonchev–Trinajstić information content (AvgIpc) is 2.62. The van der Waals surface area contributed by atoms with Crippen molar-refractivity contribution < 1.29 is 14.0 Å². The Balaban J connectivity index is 1.61. The Morgan fingerprint density at radius 3 is 2.81 bits per heavy atom. The van der Waals surface area contributed by atoms with Gasteiger partial charge in [0.2, 0.25) is 11.8 Å². The Morgan fingerprint density at radius 1 is 1.27 bits per heavy atom. The summed E-state index contributed by atoms with van der Waals surface area (Å²) in [7, 11) is 0. The summed E-state index contributed by atoms with van der Waals surface area (Å²) in [5.74, 6) is -0.304. The second-order valence-corrected chi connectivity index (χ2v) is 7.21. The molecule has 2 atom stereocenters. The molecule has 142 valence electrons. The number of nitrogens with zero attached hydrogens (tertiary/aromatic N) is 2. The minimum absolute atomic E-state index is 0.00708. The van der Waals surface area contributed by atoms with E-state index in [9.17, 15) is 14.0 Å². The fourth-order valence-corrected chi connectivity index (χ4v) is 3.68. The molecule has 2 aliphatic heterocycles. The van der Waals surface area contributed by atoms with E-state index >= 15 is 0 Å². The van der Waals surface area contributed by atoms with Crippen LogP contribution in [0.25, 0.3) is 0 Å². The summed E-state index contributed by atoms with van der Waals surface area (Å²) < 4.78 is 13.7. The molecule has 3 rings (SSSR count). The van der Waals surface area contributed by atoms with Crippen LogP contribution in [-0.4, -0.2) is 59.9 Å². The zero-order valence-electron chi connectivity index (χ0n) is 15.2. The van der Waals surface area contributed by atoms with E-state index in [0.717, 1.165) is 18.4 Å². The first-order valence-electron chi connectivity index (χ1n) is 9.28. The summed E-state index contributed by atoms with van der Waals surface area (Å²) in [5, 5.41) is 2.87. The Bertz CT molecular complexity index is 682. The van der Waals surface area contributed by atoms with Crippen molar-refractivity contribution in [2.45, 2.75) is 44.8 Å². The molecule has 2 aliphatic rings. The molecule has 0 aliphatic carbocycles. The van der Waals surface area contributed by atoms with Crippen molar-refractivity contribution in [3.05, 3.63) is 35.1 Å². The maximum Gasteiger partial charge on any atom is 0.245 e. The molecule has 1 aromatic carbocycles. The Morgan fingerprint density at radius 2 is 2.08 bits per heavy atom. The van der Waals surface area contributed by atoms with Crippen LogP contribution < -0.4 is 11.1 Å². The van der Waals surface area contributed by atoms with E-state index in [2.05, 4.69) is 10.2 Å². The number of unbranched alkanes of at least 4 members (excludes halogenated alkanes) is 1. The molecule has 2 saturated heterocycles. The van der Waals surface area contributed by atoms with Gasteiger partial charge in [-0.25, -0.2) is 4.39 Å². The number of amides is 2. The van der Waals surface area contributed by atoms with Crippen molar-refractivity contribution >= 4 is 11.8 Å². The first-order valence-corrected chi connectivity index (χ1v) is 9.28. The SMILES string of the molecule is Cc1ccc(CN2CCN3C(=O)[C@H](CCCCN)NC(=O)[C@H]3C2)cc1F. The van der Waals surface area contributed by atoms with E-state index in [1.807, 2.05) is 6.07 Å². The van der Waals surface area contributed by atoms with Gasteiger partial charge in [-0.05, 0) is 49.9 Å². The summed E-state index contributed by atoms with van der Waals surface area (Å²) in [6, 6.07) is 4.33. The maximum absolute atomic E-state index is 13.7. The highest BCUT2D eigenvalue weighted by Gasteiger charge is 2.42. The molecule has 0 bridgehead atoms. The number of hydrogen-bond donors (Lipinski definition) is 2. The minimum atomic E-state index is -0.461. The molecular formula is C19H27FN4O2. The molecule has 1 aromatic rings. The molecule has 2 fully saturated rings. The van der Waals surface area contributed by atoms with Crippen LogP contribution in [-0.2, 0) is 16.1 Å². The molecule has 0 spiro atoms. The second-order valence-electron chi connectivity index (χ2n) is 7.21. The number of piperazine rings is 2. The van der Waals surface area contributed by atoms with Crippen LogP contribution in [0.5, 0.6) is 0 Å². The first-order chi connectivity index (χ1) is 12.5. The number of nitrogens with two attached hydrogens (primary N) is 1. The van der Waals surface area contributed by atoms with Gasteiger partial charge in [-0.2, -0.15) is 0 Å². The van der Waals surface area contributed by atoms with E-state index in [1.54, 1.807) is 24.0 Å². The zero-order valence-corrected chi connectivity index (χ0v) is 15.2. The number of halogens is 1. The number of benzene rings is 1. The first kappa shape index (κ1) is 18.8. The molecule has 0 radical (unpaired) electrons. The number of nitrogens with one attached hydrogen (secondary N) is 1. The smallest absolute Gasteiger partial charge is 0.245 e. The molecule has 0 unspecified atom stereocenters. The molecule has 7 heteroatoms. The lowest BCUT2D eigenvalue weighted by atomic mass is 10.00. The summed E-state index contributed by atoms with van der Waals surface area (Å²) in [6.07, 6.45) is 2.32. The van der Waals surface area contributed by atoms with Crippen LogP contribution in [0.2, 0.25) is 0 Å². The fourth-order valence-electron chi connectivity index (χ4n) is 3.68. The van der Waals surface area contributed by atoms with Crippen molar-refractivity contribution in [1.29, 1.82) is 0 Å². The molecule has 0 aromatic heterocycles. The lowest BCUT2D eigenvalue weighted by molar-refractivity contribution is -0.153. The zero-order chi connectivity index (χ0) is 18.7. The van der Waals surface area contributed by atoms with E-state index in [0.29, 0.717) is 44.7 Å². The summed E-state index contributed by atoms with van der Waals surface area (Å²) >= 11 is 0. The number of rotatable bonds is 6. The van der Waals surface area contributed by atoms with Crippen LogP contribution >= 0.6 is 0 Å². The van der Waals surface area contributed by atoms with E-state index in [1.165, 1.54) is 0 Å². The van der Waals surface area contributed by atoms with Crippen LogP contribution in [0.1, 0.15) is 30.4 Å². The van der Waals surface area contributed by atoms with Gasteiger partial charge in [0.15, 0.2) is 0 Å². The second kappa shape index (κ2) is 8.14. The third-order valence-corrected chi connectivity index (χ3v) is 5.25. The van der Waals surface area contributed by atoms with Crippen molar-refractivity contribution in [3.63, 3.8) is 0 Å². The van der Waals surface area contributed by atoms with Crippen LogP contribution in [0.15, 0.2) is 18.2 Å².